The van der Waals surface area contributed by atoms with Crippen molar-refractivity contribution in [2.24, 2.45) is 10.8 Å². The van der Waals surface area contributed by atoms with Crippen LogP contribution in [0.4, 0.5) is 18.9 Å². The summed E-state index contributed by atoms with van der Waals surface area (Å²) in [7, 11) is 5.97. The average Bonchev–Trinajstić information content (AvgIpc) is 3.03. The number of nitrogens with two attached hydrogens (primary N) is 1. The Morgan fingerprint density at radius 1 is 1.04 bits per heavy atom. The predicted molar refractivity (Wildman–Crippen MR) is 174 cm³/mol. The number of likely N-dealkylation sites (N-methyl/N-ethyl adjacent to an activating group) is 1. The van der Waals surface area contributed by atoms with Gasteiger partial charge in [0, 0.05) is 19.2 Å². The minimum atomic E-state index is -4.59. The Bertz CT molecular complexity index is 1310. The third-order valence-electron chi connectivity index (χ3n) is 6.70. The highest BCUT2D eigenvalue weighted by Gasteiger charge is 2.32. The van der Waals surface area contributed by atoms with Gasteiger partial charge in [0.05, 0.1) is 65.3 Å². The number of nitrogens with one attached hydrogen (secondary N) is 4. The first-order valence-corrected chi connectivity index (χ1v) is 15.6. The second-order valence-corrected chi connectivity index (χ2v) is 11.9. The van der Waals surface area contributed by atoms with Crippen molar-refractivity contribution in [1.29, 1.82) is 0 Å². The topological polar surface area (TPSA) is 164 Å². The molecule has 0 saturated heterocycles. The highest BCUT2D eigenvalue weighted by molar-refractivity contribution is 5.97. The number of rotatable bonds is 19. The van der Waals surface area contributed by atoms with Crippen LogP contribution < -0.4 is 36.9 Å². The van der Waals surface area contributed by atoms with Crippen molar-refractivity contribution in [3.63, 3.8) is 0 Å². The first-order chi connectivity index (χ1) is 22.7. The molecule has 0 radical (unpaired) electrons. The normalized spacial score (nSPS) is 16.5. The lowest BCUT2D eigenvalue weighted by Crippen LogP contribution is -2.66. The van der Waals surface area contributed by atoms with Gasteiger partial charge in [0.25, 0.3) is 11.9 Å². The molecule has 14 nitrogen and oxygen atoms in total. The number of quaternary nitrogens is 1. The van der Waals surface area contributed by atoms with Gasteiger partial charge in [-0.2, -0.15) is 18.2 Å². The third-order valence-corrected chi connectivity index (χ3v) is 6.70. The molecule has 2 aromatic rings. The van der Waals surface area contributed by atoms with Gasteiger partial charge in [0.15, 0.2) is 12.9 Å². The van der Waals surface area contributed by atoms with Gasteiger partial charge >= 0.3 is 6.18 Å². The van der Waals surface area contributed by atoms with E-state index in [0.29, 0.717) is 62.9 Å². The highest BCUT2D eigenvalue weighted by Crippen LogP contribution is 2.25. The fourth-order valence-electron chi connectivity index (χ4n) is 4.20. The Morgan fingerprint density at radius 3 is 2.38 bits per heavy atom. The summed E-state index contributed by atoms with van der Waals surface area (Å²) in [5, 5.41) is 23.4. The molecule has 48 heavy (non-hydrogen) atoms. The molecule has 0 aromatic heterocycles. The van der Waals surface area contributed by atoms with Gasteiger partial charge in [-0.3, -0.25) is 15.1 Å². The number of hydrogen-bond donors (Lipinski definition) is 6. The molecule has 0 spiro atoms. The van der Waals surface area contributed by atoms with Crippen molar-refractivity contribution in [3.8, 4) is 11.5 Å². The quantitative estimate of drug-likeness (QED) is 0.0554. The summed E-state index contributed by atoms with van der Waals surface area (Å²) in [6, 6.07) is 11.0. The maximum Gasteiger partial charge on any atom is 0.422 e. The third kappa shape index (κ3) is 14.1. The Morgan fingerprint density at radius 2 is 1.73 bits per heavy atom. The first-order valence-electron chi connectivity index (χ1n) is 15.6. The van der Waals surface area contributed by atoms with E-state index in [1.54, 1.807) is 12.1 Å². The van der Waals surface area contributed by atoms with E-state index in [-0.39, 0.29) is 17.0 Å². The van der Waals surface area contributed by atoms with Crippen molar-refractivity contribution < 1.29 is 46.5 Å². The molecule has 1 aliphatic heterocycles. The molecule has 268 valence electrons. The van der Waals surface area contributed by atoms with Gasteiger partial charge < -0.3 is 39.2 Å². The van der Waals surface area contributed by atoms with Crippen LogP contribution in [0, 0.1) is 0 Å². The van der Waals surface area contributed by atoms with Crippen molar-refractivity contribution in [1.82, 2.24) is 21.3 Å². The zero-order chi connectivity index (χ0) is 35.2. The average molecular weight is 686 g/mol. The lowest BCUT2D eigenvalue weighted by Gasteiger charge is -2.36. The number of phenols is 1. The van der Waals surface area contributed by atoms with Gasteiger partial charge in [0.2, 0.25) is 0 Å². The van der Waals surface area contributed by atoms with E-state index in [1.807, 2.05) is 40.2 Å². The van der Waals surface area contributed by atoms with Crippen LogP contribution in [0.1, 0.15) is 29.3 Å². The van der Waals surface area contributed by atoms with E-state index in [1.165, 1.54) is 18.2 Å². The number of anilines is 1. The zero-order valence-electron chi connectivity index (χ0n) is 27.8. The molecule has 2 atom stereocenters. The molecule has 7 N–H and O–H groups in total. The van der Waals surface area contributed by atoms with Crippen LogP contribution in [0.15, 0.2) is 47.5 Å². The van der Waals surface area contributed by atoms with Crippen LogP contribution in [0.2, 0.25) is 0 Å². The van der Waals surface area contributed by atoms with Crippen LogP contribution in [0.5, 0.6) is 11.5 Å². The van der Waals surface area contributed by atoms with Gasteiger partial charge in [0.1, 0.15) is 24.4 Å². The number of carbonyl (C=O) groups is 1. The van der Waals surface area contributed by atoms with Crippen LogP contribution in [-0.4, -0.2) is 114 Å². The fourth-order valence-corrected chi connectivity index (χ4v) is 4.20. The van der Waals surface area contributed by atoms with Gasteiger partial charge in [-0.05, 0) is 36.2 Å². The Balaban J connectivity index is 1.58. The van der Waals surface area contributed by atoms with E-state index in [4.69, 9.17) is 24.8 Å². The minimum Gasteiger partial charge on any atom is -0.507 e. The SMILES string of the molecule is CCCOCCOCCOc1ccc(CNC2NC(OCC(F)(F)F)=NC(N(N)c3ccc(C(=O)NCC[N+](C)(C)C)c(O)c3)N2)cc1. The second-order valence-electron chi connectivity index (χ2n) is 11.9. The molecular formula is C31H48F3N8O6+. The predicted octanol–water partition coefficient (Wildman–Crippen LogP) is 1.82. The number of carbonyl (C=O) groups excluding carboxylic acids is 1. The van der Waals surface area contributed by atoms with E-state index in [0.717, 1.165) is 17.0 Å². The highest BCUT2D eigenvalue weighted by atomic mass is 19.4. The van der Waals surface area contributed by atoms with Gasteiger partial charge in [-0.25, -0.2) is 11.2 Å². The number of amidine groups is 1. The number of nitrogens with zero attached hydrogens (tertiary/aromatic N) is 3. The lowest BCUT2D eigenvalue weighted by molar-refractivity contribution is -0.869. The maximum atomic E-state index is 12.9. The van der Waals surface area contributed by atoms with Crippen LogP contribution in [0.3, 0.4) is 0 Å². The Labute approximate surface area is 278 Å². The Kier molecular flexibility index (Phi) is 15.0. The second kappa shape index (κ2) is 18.6. The van der Waals surface area contributed by atoms with E-state index in [9.17, 15) is 23.1 Å². The number of alkyl halides is 3. The van der Waals surface area contributed by atoms with E-state index in [2.05, 4.69) is 26.3 Å². The van der Waals surface area contributed by atoms with E-state index >= 15 is 0 Å². The number of phenolic OH excluding ortho intramolecular Hbond substituents is 1. The van der Waals surface area contributed by atoms with E-state index < -0.39 is 37.3 Å². The molecule has 17 heteroatoms. The molecule has 1 amide bonds. The summed E-state index contributed by atoms with van der Waals surface area (Å²) in [6.07, 6.45) is -5.57. The lowest BCUT2D eigenvalue weighted by atomic mass is 10.1. The summed E-state index contributed by atoms with van der Waals surface area (Å²) in [6.45, 7) is 4.41. The monoisotopic (exact) mass is 685 g/mol. The molecule has 0 bridgehead atoms. The number of aromatic hydroxyl groups is 1. The standard InChI is InChI=1S/C31H47F3N8O6/c1-5-14-45-15-16-46-17-18-47-24-9-6-22(7-10-24)20-37-28-38-29(40-30(39-28)48-21-31(32,33)34)41(35)23-8-11-25(26(43)19-23)27(44)36-12-13-42(2,3)4/h6-11,19,28-29,37-38H,5,12-18,20-21,35H2,1-4H3,(H2-,36,39,40,43,44)/p+1. The van der Waals surface area contributed by atoms with Gasteiger partial charge in [-0.1, -0.05) is 19.1 Å². The number of amides is 1. The van der Waals surface area contributed by atoms with Crippen LogP contribution in [-0.2, 0) is 20.8 Å². The summed E-state index contributed by atoms with van der Waals surface area (Å²) in [5.74, 6) is 6.16. The van der Waals surface area contributed by atoms with Crippen molar-refractivity contribution in [2.75, 3.05) is 78.9 Å². The molecule has 0 saturated carbocycles. The summed E-state index contributed by atoms with van der Waals surface area (Å²) < 4.78 is 60.9. The molecule has 2 aromatic carbocycles. The molecule has 0 aliphatic carbocycles. The maximum absolute atomic E-state index is 12.9. The van der Waals surface area contributed by atoms with Crippen LogP contribution in [0.25, 0.3) is 0 Å². The van der Waals surface area contributed by atoms with Crippen molar-refractivity contribution in [3.05, 3.63) is 53.6 Å². The minimum absolute atomic E-state index is 0.0433. The smallest absolute Gasteiger partial charge is 0.422 e. The molecule has 1 heterocycles. The van der Waals surface area contributed by atoms with Crippen molar-refractivity contribution >= 4 is 17.6 Å². The molecular weight excluding hydrogens is 637 g/mol. The number of aliphatic imine (C=N–C) groups is 1. The number of hydrazine groups is 1. The largest absolute Gasteiger partial charge is 0.507 e. The summed E-state index contributed by atoms with van der Waals surface area (Å²) >= 11 is 0. The molecule has 3 rings (SSSR count). The number of halogens is 3. The molecule has 0 fully saturated rings. The Hall–Kier alpha value is -3.87. The fraction of sp³-hybridized carbons (Fsp3) is 0.548. The molecule has 1 aliphatic rings. The van der Waals surface area contributed by atoms with Crippen molar-refractivity contribution in [2.45, 2.75) is 38.6 Å². The summed E-state index contributed by atoms with van der Waals surface area (Å²) in [5.41, 5.74) is 1.14. The molecule has 2 unspecified atom stereocenters. The first kappa shape index (κ1) is 38.6. The number of ether oxygens (including phenoxy) is 4. The summed E-state index contributed by atoms with van der Waals surface area (Å²) in [4.78, 5) is 16.7. The van der Waals surface area contributed by atoms with Gasteiger partial charge in [-0.15, -0.1) is 0 Å². The zero-order valence-corrected chi connectivity index (χ0v) is 27.8. The van der Waals surface area contributed by atoms with Crippen LogP contribution >= 0.6 is 0 Å². The number of hydrogen-bond acceptors (Lipinski definition) is 12. The number of benzene rings is 2.